The van der Waals surface area contributed by atoms with Gasteiger partial charge in [-0.2, -0.15) is 0 Å². The fourth-order valence-corrected chi connectivity index (χ4v) is 2.98. The lowest BCUT2D eigenvalue weighted by Gasteiger charge is -2.03. The number of rotatable bonds is 4. The summed E-state index contributed by atoms with van der Waals surface area (Å²) in [5.41, 5.74) is 3.24. The van der Waals surface area contributed by atoms with E-state index in [2.05, 4.69) is 21.4 Å². The van der Waals surface area contributed by atoms with Crippen LogP contribution in [0.15, 0.2) is 54.7 Å². The van der Waals surface area contributed by atoms with Crippen molar-refractivity contribution in [3.63, 3.8) is 0 Å². The first-order valence-electron chi connectivity index (χ1n) is 7.83. The van der Waals surface area contributed by atoms with Gasteiger partial charge in [0.2, 0.25) is 0 Å². The lowest BCUT2D eigenvalue weighted by atomic mass is 10.1. The van der Waals surface area contributed by atoms with Crippen LogP contribution >= 0.6 is 0 Å². The molecule has 1 amide bonds. The highest BCUT2D eigenvalue weighted by atomic mass is 19.1. The third-order valence-electron chi connectivity index (χ3n) is 4.21. The van der Waals surface area contributed by atoms with Gasteiger partial charge in [0.25, 0.3) is 5.91 Å². The Morgan fingerprint density at radius 2 is 1.88 bits per heavy atom. The SMILES string of the molecule is O=C(NCCc1c[nH]c2ccccc12)c1cc2c(F)cccc2[nH]1. The molecular formula is C19H16FN3O. The van der Waals surface area contributed by atoms with Gasteiger partial charge in [-0.05, 0) is 36.2 Å². The van der Waals surface area contributed by atoms with Gasteiger partial charge in [0.05, 0.1) is 0 Å². The molecular weight excluding hydrogens is 305 g/mol. The standard InChI is InChI=1S/C19H16FN3O/c20-15-5-3-7-17-14(15)10-18(23-17)19(24)21-9-8-12-11-22-16-6-2-1-4-13(12)16/h1-7,10-11,22-23H,8-9H2,(H,21,24). The van der Waals surface area contributed by atoms with Crippen molar-refractivity contribution >= 4 is 27.7 Å². The van der Waals surface area contributed by atoms with Crippen LogP contribution in [0.1, 0.15) is 16.1 Å². The van der Waals surface area contributed by atoms with E-state index in [4.69, 9.17) is 0 Å². The van der Waals surface area contributed by atoms with Crippen LogP contribution in [0.4, 0.5) is 4.39 Å². The maximum absolute atomic E-state index is 13.7. The quantitative estimate of drug-likeness (QED) is 0.526. The highest BCUT2D eigenvalue weighted by molar-refractivity contribution is 5.98. The first kappa shape index (κ1) is 14.5. The molecule has 0 fully saturated rings. The molecule has 3 N–H and O–H groups in total. The summed E-state index contributed by atoms with van der Waals surface area (Å²) in [6, 6.07) is 14.4. The molecule has 2 aromatic heterocycles. The molecule has 4 aromatic rings. The second kappa shape index (κ2) is 5.85. The molecule has 24 heavy (non-hydrogen) atoms. The number of halogens is 1. The molecule has 0 spiro atoms. The minimum atomic E-state index is -0.332. The number of aromatic nitrogens is 2. The van der Waals surface area contributed by atoms with E-state index < -0.39 is 0 Å². The number of carbonyl (C=O) groups is 1. The molecule has 0 unspecified atom stereocenters. The number of nitrogens with one attached hydrogen (secondary N) is 3. The maximum atomic E-state index is 13.7. The van der Waals surface area contributed by atoms with E-state index in [1.165, 1.54) is 11.5 Å². The Bertz CT molecular complexity index is 1030. The van der Waals surface area contributed by atoms with Crippen LogP contribution in [0.3, 0.4) is 0 Å². The zero-order valence-electron chi connectivity index (χ0n) is 12.9. The van der Waals surface area contributed by atoms with Crippen molar-refractivity contribution in [3.05, 3.63) is 71.8 Å². The number of aromatic amines is 2. The van der Waals surface area contributed by atoms with Gasteiger partial charge >= 0.3 is 0 Å². The van der Waals surface area contributed by atoms with Crippen molar-refractivity contribution in [2.45, 2.75) is 6.42 Å². The topological polar surface area (TPSA) is 60.7 Å². The van der Waals surface area contributed by atoms with Gasteiger partial charge in [-0.25, -0.2) is 4.39 Å². The summed E-state index contributed by atoms with van der Waals surface area (Å²) in [6.45, 7) is 0.512. The predicted molar refractivity (Wildman–Crippen MR) is 92.6 cm³/mol. The Labute approximate surface area is 137 Å². The predicted octanol–water partition coefficient (Wildman–Crippen LogP) is 3.76. The van der Waals surface area contributed by atoms with Crippen molar-refractivity contribution in [3.8, 4) is 0 Å². The molecule has 0 bridgehead atoms. The number of hydrogen-bond acceptors (Lipinski definition) is 1. The van der Waals surface area contributed by atoms with E-state index in [-0.39, 0.29) is 11.7 Å². The summed E-state index contributed by atoms with van der Waals surface area (Å²) in [6.07, 6.45) is 2.69. The van der Waals surface area contributed by atoms with Gasteiger partial charge in [-0.3, -0.25) is 4.79 Å². The molecule has 0 aliphatic heterocycles. The van der Waals surface area contributed by atoms with Crippen LogP contribution in [0.25, 0.3) is 21.8 Å². The molecule has 5 heteroatoms. The van der Waals surface area contributed by atoms with E-state index in [0.29, 0.717) is 23.1 Å². The molecule has 0 saturated heterocycles. The first-order chi connectivity index (χ1) is 11.7. The lowest BCUT2D eigenvalue weighted by molar-refractivity contribution is 0.0950. The highest BCUT2D eigenvalue weighted by Gasteiger charge is 2.11. The molecule has 4 rings (SSSR count). The van der Waals surface area contributed by atoms with Gasteiger partial charge in [-0.1, -0.05) is 24.3 Å². The second-order valence-corrected chi connectivity index (χ2v) is 5.75. The van der Waals surface area contributed by atoms with E-state index in [0.717, 1.165) is 17.5 Å². The number of hydrogen-bond donors (Lipinski definition) is 3. The van der Waals surface area contributed by atoms with Crippen LogP contribution in [-0.4, -0.2) is 22.4 Å². The van der Waals surface area contributed by atoms with E-state index >= 15 is 0 Å². The number of carbonyl (C=O) groups excluding carboxylic acids is 1. The summed E-state index contributed by atoms with van der Waals surface area (Å²) >= 11 is 0. The Balaban J connectivity index is 1.45. The smallest absolute Gasteiger partial charge is 0.267 e. The average molecular weight is 321 g/mol. The molecule has 0 aliphatic rings. The Morgan fingerprint density at radius 3 is 2.75 bits per heavy atom. The molecule has 2 heterocycles. The molecule has 120 valence electrons. The Morgan fingerprint density at radius 1 is 1.04 bits per heavy atom. The molecule has 0 atom stereocenters. The normalized spacial score (nSPS) is 11.2. The van der Waals surface area contributed by atoms with Crippen molar-refractivity contribution in [2.24, 2.45) is 0 Å². The first-order valence-corrected chi connectivity index (χ1v) is 7.83. The lowest BCUT2D eigenvalue weighted by Crippen LogP contribution is -2.25. The zero-order valence-corrected chi connectivity index (χ0v) is 12.9. The van der Waals surface area contributed by atoms with Gasteiger partial charge in [-0.15, -0.1) is 0 Å². The fraction of sp³-hybridized carbons (Fsp3) is 0.105. The van der Waals surface area contributed by atoms with Crippen LogP contribution in [-0.2, 0) is 6.42 Å². The van der Waals surface area contributed by atoms with E-state index in [1.54, 1.807) is 18.2 Å². The van der Waals surface area contributed by atoms with Crippen LogP contribution in [0.2, 0.25) is 0 Å². The van der Waals surface area contributed by atoms with Crippen molar-refractivity contribution in [1.29, 1.82) is 0 Å². The molecule has 0 aliphatic carbocycles. The number of amides is 1. The van der Waals surface area contributed by atoms with Crippen LogP contribution in [0, 0.1) is 5.82 Å². The zero-order chi connectivity index (χ0) is 16.5. The summed E-state index contributed by atoms with van der Waals surface area (Å²) in [5, 5.41) is 4.47. The van der Waals surface area contributed by atoms with Crippen LogP contribution < -0.4 is 5.32 Å². The molecule has 0 saturated carbocycles. The number of fused-ring (bicyclic) bond motifs is 2. The van der Waals surface area contributed by atoms with Gasteiger partial charge in [0, 0.05) is 34.5 Å². The Hall–Kier alpha value is -3.08. The van der Waals surface area contributed by atoms with E-state index in [1.807, 2.05) is 24.4 Å². The van der Waals surface area contributed by atoms with Gasteiger partial charge in [0.15, 0.2) is 0 Å². The minimum absolute atomic E-state index is 0.231. The average Bonchev–Trinajstić information content (AvgIpc) is 3.20. The van der Waals surface area contributed by atoms with Crippen LogP contribution in [0.5, 0.6) is 0 Å². The summed E-state index contributed by atoms with van der Waals surface area (Å²) in [5.74, 6) is -0.563. The van der Waals surface area contributed by atoms with Gasteiger partial charge in [0.1, 0.15) is 11.5 Å². The summed E-state index contributed by atoms with van der Waals surface area (Å²) < 4.78 is 13.7. The number of para-hydroxylation sites is 1. The van der Waals surface area contributed by atoms with Crippen molar-refractivity contribution in [1.82, 2.24) is 15.3 Å². The van der Waals surface area contributed by atoms with E-state index in [9.17, 15) is 9.18 Å². The minimum Gasteiger partial charge on any atom is -0.361 e. The molecule has 2 aromatic carbocycles. The monoisotopic (exact) mass is 321 g/mol. The fourth-order valence-electron chi connectivity index (χ4n) is 2.98. The second-order valence-electron chi connectivity index (χ2n) is 5.75. The van der Waals surface area contributed by atoms with Crippen molar-refractivity contribution < 1.29 is 9.18 Å². The maximum Gasteiger partial charge on any atom is 0.267 e. The largest absolute Gasteiger partial charge is 0.361 e. The summed E-state index contributed by atoms with van der Waals surface area (Å²) in [4.78, 5) is 18.4. The summed E-state index contributed by atoms with van der Waals surface area (Å²) in [7, 11) is 0. The Kier molecular flexibility index (Phi) is 3.54. The third kappa shape index (κ3) is 2.54. The van der Waals surface area contributed by atoms with Crippen molar-refractivity contribution in [2.75, 3.05) is 6.54 Å². The number of benzene rings is 2. The number of H-pyrrole nitrogens is 2. The van der Waals surface area contributed by atoms with Gasteiger partial charge < -0.3 is 15.3 Å². The molecule has 4 nitrogen and oxygen atoms in total. The third-order valence-corrected chi connectivity index (χ3v) is 4.21. The highest BCUT2D eigenvalue weighted by Crippen LogP contribution is 2.19. The molecule has 0 radical (unpaired) electrons.